The normalized spacial score (nSPS) is 15.0. The lowest BCUT2D eigenvalue weighted by Gasteiger charge is -2.27. The number of anilines is 2. The molecule has 1 aliphatic rings. The second-order valence-electron chi connectivity index (χ2n) is 5.24. The number of ether oxygens (including phenoxy) is 1. The SMILES string of the molecule is Nc1nc(OCc2ccccc2)cc(N2CCCCC2)n1. The van der Waals surface area contributed by atoms with Crippen LogP contribution in [-0.2, 0) is 6.61 Å². The Morgan fingerprint density at radius 3 is 2.57 bits per heavy atom. The Morgan fingerprint density at radius 1 is 1.05 bits per heavy atom. The van der Waals surface area contributed by atoms with Crippen molar-refractivity contribution in [2.45, 2.75) is 25.9 Å². The van der Waals surface area contributed by atoms with Gasteiger partial charge in [0, 0.05) is 19.2 Å². The molecule has 1 aromatic heterocycles. The van der Waals surface area contributed by atoms with Gasteiger partial charge in [-0.05, 0) is 24.8 Å². The standard InChI is InChI=1S/C16H20N4O/c17-16-18-14(20-9-5-2-6-10-20)11-15(19-16)21-12-13-7-3-1-4-8-13/h1,3-4,7-8,11H,2,5-6,9-10,12H2,(H2,17,18,19). The molecule has 0 spiro atoms. The Labute approximate surface area is 124 Å². The van der Waals surface area contributed by atoms with E-state index < -0.39 is 0 Å². The molecule has 0 aliphatic carbocycles. The molecule has 1 saturated heterocycles. The molecule has 0 amide bonds. The van der Waals surface area contributed by atoms with E-state index in [1.807, 2.05) is 36.4 Å². The van der Waals surface area contributed by atoms with Crippen LogP contribution < -0.4 is 15.4 Å². The molecule has 21 heavy (non-hydrogen) atoms. The summed E-state index contributed by atoms with van der Waals surface area (Å²) in [6.07, 6.45) is 3.68. The number of piperidine rings is 1. The topological polar surface area (TPSA) is 64.3 Å². The van der Waals surface area contributed by atoms with E-state index in [0.717, 1.165) is 24.5 Å². The molecule has 1 fully saturated rings. The Hall–Kier alpha value is -2.30. The summed E-state index contributed by atoms with van der Waals surface area (Å²) in [6, 6.07) is 11.9. The van der Waals surface area contributed by atoms with Gasteiger partial charge in [0.1, 0.15) is 12.4 Å². The van der Waals surface area contributed by atoms with Gasteiger partial charge >= 0.3 is 0 Å². The predicted molar refractivity (Wildman–Crippen MR) is 83.3 cm³/mol. The van der Waals surface area contributed by atoms with Gasteiger partial charge in [0.25, 0.3) is 0 Å². The maximum absolute atomic E-state index is 5.81. The van der Waals surface area contributed by atoms with Crippen LogP contribution in [0.3, 0.4) is 0 Å². The third-order valence-corrected chi connectivity index (χ3v) is 3.62. The van der Waals surface area contributed by atoms with E-state index in [1.165, 1.54) is 19.3 Å². The largest absolute Gasteiger partial charge is 0.473 e. The van der Waals surface area contributed by atoms with Crippen molar-refractivity contribution in [2.24, 2.45) is 0 Å². The van der Waals surface area contributed by atoms with Crippen molar-refractivity contribution < 1.29 is 4.74 Å². The van der Waals surface area contributed by atoms with E-state index in [0.29, 0.717) is 12.5 Å². The molecule has 3 rings (SSSR count). The summed E-state index contributed by atoms with van der Waals surface area (Å²) in [7, 11) is 0. The lowest BCUT2D eigenvalue weighted by molar-refractivity contribution is 0.294. The van der Waals surface area contributed by atoms with E-state index in [9.17, 15) is 0 Å². The number of rotatable bonds is 4. The number of hydrogen-bond acceptors (Lipinski definition) is 5. The van der Waals surface area contributed by atoms with Crippen molar-refractivity contribution in [2.75, 3.05) is 23.7 Å². The molecule has 2 heterocycles. The van der Waals surface area contributed by atoms with Gasteiger partial charge in [-0.2, -0.15) is 9.97 Å². The minimum absolute atomic E-state index is 0.265. The second-order valence-corrected chi connectivity index (χ2v) is 5.24. The van der Waals surface area contributed by atoms with Crippen LogP contribution in [0.1, 0.15) is 24.8 Å². The Kier molecular flexibility index (Phi) is 4.19. The van der Waals surface area contributed by atoms with E-state index in [1.54, 1.807) is 0 Å². The van der Waals surface area contributed by atoms with E-state index >= 15 is 0 Å². The van der Waals surface area contributed by atoms with Crippen LogP contribution in [0.25, 0.3) is 0 Å². The summed E-state index contributed by atoms with van der Waals surface area (Å²) in [5, 5.41) is 0. The van der Waals surface area contributed by atoms with Gasteiger partial charge in [-0.25, -0.2) is 0 Å². The van der Waals surface area contributed by atoms with Crippen molar-refractivity contribution in [1.82, 2.24) is 9.97 Å². The lowest BCUT2D eigenvalue weighted by atomic mass is 10.1. The van der Waals surface area contributed by atoms with Crippen molar-refractivity contribution in [3.63, 3.8) is 0 Å². The highest BCUT2D eigenvalue weighted by Crippen LogP contribution is 2.22. The quantitative estimate of drug-likeness (QED) is 0.935. The molecular formula is C16H20N4O. The summed E-state index contributed by atoms with van der Waals surface area (Å²) in [6.45, 7) is 2.53. The predicted octanol–water partition coefficient (Wildman–Crippen LogP) is 2.63. The van der Waals surface area contributed by atoms with Gasteiger partial charge in [-0.15, -0.1) is 0 Å². The molecule has 5 heteroatoms. The maximum atomic E-state index is 5.81. The van der Waals surface area contributed by atoms with Crippen LogP contribution in [-0.4, -0.2) is 23.1 Å². The maximum Gasteiger partial charge on any atom is 0.225 e. The fraction of sp³-hybridized carbons (Fsp3) is 0.375. The Morgan fingerprint density at radius 2 is 1.81 bits per heavy atom. The van der Waals surface area contributed by atoms with Gasteiger partial charge in [-0.3, -0.25) is 0 Å². The molecule has 2 aromatic rings. The van der Waals surface area contributed by atoms with E-state index in [-0.39, 0.29) is 5.95 Å². The average Bonchev–Trinajstić information content (AvgIpc) is 2.54. The van der Waals surface area contributed by atoms with Crippen molar-refractivity contribution >= 4 is 11.8 Å². The first-order valence-electron chi connectivity index (χ1n) is 7.37. The molecule has 1 aliphatic heterocycles. The lowest BCUT2D eigenvalue weighted by Crippen LogP contribution is -2.30. The zero-order valence-electron chi connectivity index (χ0n) is 12.0. The van der Waals surface area contributed by atoms with E-state index in [2.05, 4.69) is 14.9 Å². The summed E-state index contributed by atoms with van der Waals surface area (Å²) in [5.74, 6) is 1.67. The number of nitrogen functional groups attached to an aromatic ring is 1. The number of benzene rings is 1. The Bertz CT molecular complexity index is 582. The molecule has 0 radical (unpaired) electrons. The van der Waals surface area contributed by atoms with Crippen LogP contribution in [0.5, 0.6) is 5.88 Å². The first-order chi connectivity index (χ1) is 10.3. The second kappa shape index (κ2) is 6.43. The minimum atomic E-state index is 0.265. The van der Waals surface area contributed by atoms with Gasteiger partial charge in [0.2, 0.25) is 11.8 Å². The molecule has 110 valence electrons. The summed E-state index contributed by atoms with van der Waals surface area (Å²) >= 11 is 0. The number of hydrogen-bond donors (Lipinski definition) is 1. The van der Waals surface area contributed by atoms with Crippen LogP contribution in [0.4, 0.5) is 11.8 Å². The van der Waals surface area contributed by atoms with Gasteiger partial charge in [-0.1, -0.05) is 30.3 Å². The molecule has 0 bridgehead atoms. The first kappa shape index (κ1) is 13.7. The average molecular weight is 284 g/mol. The fourth-order valence-corrected chi connectivity index (χ4v) is 2.52. The third-order valence-electron chi connectivity index (χ3n) is 3.62. The Balaban J connectivity index is 1.71. The monoisotopic (exact) mass is 284 g/mol. The van der Waals surface area contributed by atoms with Crippen LogP contribution >= 0.6 is 0 Å². The van der Waals surface area contributed by atoms with Crippen molar-refractivity contribution in [1.29, 1.82) is 0 Å². The molecule has 0 unspecified atom stereocenters. The minimum Gasteiger partial charge on any atom is -0.473 e. The highest BCUT2D eigenvalue weighted by molar-refractivity contribution is 5.45. The molecule has 0 atom stereocenters. The number of aromatic nitrogens is 2. The van der Waals surface area contributed by atoms with Gasteiger partial charge < -0.3 is 15.4 Å². The van der Waals surface area contributed by atoms with Gasteiger partial charge in [0.05, 0.1) is 0 Å². The van der Waals surface area contributed by atoms with Crippen LogP contribution in [0, 0.1) is 0 Å². The highest BCUT2D eigenvalue weighted by atomic mass is 16.5. The molecule has 5 nitrogen and oxygen atoms in total. The number of nitrogens with zero attached hydrogens (tertiary/aromatic N) is 3. The fourth-order valence-electron chi connectivity index (χ4n) is 2.52. The van der Waals surface area contributed by atoms with E-state index in [4.69, 9.17) is 10.5 Å². The highest BCUT2D eigenvalue weighted by Gasteiger charge is 2.14. The zero-order valence-corrected chi connectivity index (χ0v) is 12.0. The van der Waals surface area contributed by atoms with Crippen molar-refractivity contribution in [3.8, 4) is 5.88 Å². The molecule has 1 aromatic carbocycles. The number of nitrogens with two attached hydrogens (primary N) is 1. The third kappa shape index (κ3) is 3.62. The smallest absolute Gasteiger partial charge is 0.225 e. The molecular weight excluding hydrogens is 264 g/mol. The van der Waals surface area contributed by atoms with Crippen LogP contribution in [0.15, 0.2) is 36.4 Å². The molecule has 2 N–H and O–H groups in total. The summed E-state index contributed by atoms with van der Waals surface area (Å²) in [4.78, 5) is 10.7. The summed E-state index contributed by atoms with van der Waals surface area (Å²) < 4.78 is 5.75. The first-order valence-corrected chi connectivity index (χ1v) is 7.37. The summed E-state index contributed by atoms with van der Waals surface area (Å²) in [5.41, 5.74) is 6.91. The van der Waals surface area contributed by atoms with Crippen molar-refractivity contribution in [3.05, 3.63) is 42.0 Å². The van der Waals surface area contributed by atoms with Gasteiger partial charge in [0.15, 0.2) is 0 Å². The molecule has 0 saturated carbocycles. The zero-order chi connectivity index (χ0) is 14.5. The van der Waals surface area contributed by atoms with Crippen LogP contribution in [0.2, 0.25) is 0 Å².